The van der Waals surface area contributed by atoms with Crippen molar-refractivity contribution in [2.45, 2.75) is 33.7 Å². The van der Waals surface area contributed by atoms with Crippen molar-refractivity contribution in [2.75, 3.05) is 0 Å². The van der Waals surface area contributed by atoms with E-state index < -0.39 is 20.2 Å². The first-order valence-corrected chi connectivity index (χ1v) is 13.1. The van der Waals surface area contributed by atoms with Crippen LogP contribution in [0.1, 0.15) is 24.0 Å². The van der Waals surface area contributed by atoms with Crippen LogP contribution in [0.15, 0.2) is 100 Å². The number of allylic oxidation sites excluding steroid dienone is 5. The Morgan fingerprint density at radius 1 is 1.00 bits per heavy atom. The van der Waals surface area contributed by atoms with Crippen molar-refractivity contribution in [1.82, 2.24) is 14.9 Å². The van der Waals surface area contributed by atoms with Gasteiger partial charge in [0.15, 0.2) is 14.9 Å². The highest BCUT2D eigenvalue weighted by molar-refractivity contribution is 6.44. The van der Waals surface area contributed by atoms with Crippen LogP contribution in [0.5, 0.6) is 0 Å². The molecule has 0 fully saturated rings. The first kappa shape index (κ1) is 23.8. The van der Waals surface area contributed by atoms with E-state index in [-0.39, 0.29) is 0 Å². The number of aromatic nitrogens is 2. The summed E-state index contributed by atoms with van der Waals surface area (Å²) in [5.41, 5.74) is 5.21. The number of pyridine rings is 1. The molecule has 0 aliphatic carbocycles. The number of halogens is 4. The molecular weight excluding hydrogens is 536 g/mol. The van der Waals surface area contributed by atoms with Crippen LogP contribution in [0.25, 0.3) is 6.08 Å². The standard InChI is InChI=1S/C27H21Cl4N5/c1-2-36-20-8-9-23(36)27(31,22-5-3-4-14-32-22)26(30)13-11-21(35-26)24(28)25(29)12-10-19(34-25)15-17-6-7-18(16-20)33-17/h3-16,24,34H,2H2,1H3. The molecule has 0 saturated heterocycles. The molecule has 0 radical (unpaired) electrons. The number of nitrogens with zero attached hydrogens (tertiary/aromatic N) is 4. The minimum absolute atomic E-state index is 0.517. The maximum atomic E-state index is 7.60. The highest BCUT2D eigenvalue weighted by Gasteiger charge is 2.56. The van der Waals surface area contributed by atoms with Crippen molar-refractivity contribution < 1.29 is 0 Å². The third-order valence-electron chi connectivity index (χ3n) is 6.70. The van der Waals surface area contributed by atoms with Gasteiger partial charge in [0.05, 0.1) is 22.8 Å². The molecule has 0 saturated carbocycles. The Balaban J connectivity index is 1.62. The summed E-state index contributed by atoms with van der Waals surface area (Å²) >= 11 is 28.8. The highest BCUT2D eigenvalue weighted by atomic mass is 35.5. The number of alkyl halides is 4. The van der Waals surface area contributed by atoms with Gasteiger partial charge in [-0.1, -0.05) is 29.3 Å². The predicted molar refractivity (Wildman–Crippen MR) is 149 cm³/mol. The maximum absolute atomic E-state index is 7.60. The van der Waals surface area contributed by atoms with Gasteiger partial charge in [-0.25, -0.2) is 4.99 Å². The van der Waals surface area contributed by atoms with Gasteiger partial charge in [0, 0.05) is 29.8 Å². The molecule has 9 heteroatoms. The van der Waals surface area contributed by atoms with Crippen LogP contribution in [0.3, 0.4) is 0 Å². The summed E-state index contributed by atoms with van der Waals surface area (Å²) in [6.45, 7) is 2.71. The molecule has 4 unspecified atom stereocenters. The second-order valence-electron chi connectivity index (χ2n) is 8.93. The van der Waals surface area contributed by atoms with E-state index in [0.717, 1.165) is 28.5 Å². The molecule has 182 valence electrons. The Morgan fingerprint density at radius 2 is 1.86 bits per heavy atom. The lowest BCUT2D eigenvalue weighted by atomic mass is 9.90. The van der Waals surface area contributed by atoms with Crippen LogP contribution < -0.4 is 5.32 Å². The first-order valence-electron chi connectivity index (χ1n) is 11.5. The molecule has 0 spiro atoms. The molecular formula is C27H21Cl4N5. The number of nitrogens with one attached hydrogen (secondary N) is 1. The molecule has 5 nitrogen and oxygen atoms in total. The number of fused-ring (bicyclic) bond motifs is 6. The Labute approximate surface area is 229 Å². The lowest BCUT2D eigenvalue weighted by Gasteiger charge is -2.37. The van der Waals surface area contributed by atoms with Crippen molar-refractivity contribution in [2.24, 2.45) is 9.98 Å². The van der Waals surface area contributed by atoms with Gasteiger partial charge in [-0.3, -0.25) is 9.98 Å². The lowest BCUT2D eigenvalue weighted by molar-refractivity contribution is 0.519. The second kappa shape index (κ2) is 8.49. The highest BCUT2D eigenvalue weighted by Crippen LogP contribution is 2.53. The minimum Gasteiger partial charge on any atom is -0.362 e. The van der Waals surface area contributed by atoms with E-state index in [9.17, 15) is 0 Å². The van der Waals surface area contributed by atoms with E-state index in [4.69, 9.17) is 56.4 Å². The van der Waals surface area contributed by atoms with Crippen LogP contribution >= 0.6 is 46.4 Å². The van der Waals surface area contributed by atoms with Crippen LogP contribution in [-0.4, -0.2) is 36.3 Å². The molecule has 4 aliphatic heterocycles. The van der Waals surface area contributed by atoms with Gasteiger partial charge in [0.25, 0.3) is 0 Å². The van der Waals surface area contributed by atoms with Crippen LogP contribution in [0.4, 0.5) is 0 Å². The van der Waals surface area contributed by atoms with E-state index in [1.54, 1.807) is 18.3 Å². The average molecular weight is 557 g/mol. The summed E-state index contributed by atoms with van der Waals surface area (Å²) in [6.07, 6.45) is 16.9. The molecule has 2 aromatic rings. The summed E-state index contributed by atoms with van der Waals surface area (Å²) in [4.78, 5) is 10.4. The van der Waals surface area contributed by atoms with Gasteiger partial charge in [0.2, 0.25) is 0 Å². The monoisotopic (exact) mass is 555 g/mol. The van der Waals surface area contributed by atoms with E-state index in [1.807, 2.05) is 66.8 Å². The van der Waals surface area contributed by atoms with Crippen molar-refractivity contribution in [3.8, 4) is 0 Å². The van der Waals surface area contributed by atoms with E-state index in [1.165, 1.54) is 0 Å². The topological polar surface area (TPSA) is 54.6 Å². The SMILES string of the molecule is CCn1c2ccc1C(Cl)(c1ccccn1)C1(Cl)C=CC(=N1)C(Cl)C1(Cl)C=CC(=CC3=NC(=C2)C=C3)N1. The Morgan fingerprint density at radius 3 is 2.64 bits per heavy atom. The zero-order valence-electron chi connectivity index (χ0n) is 19.2. The molecule has 4 aliphatic rings. The van der Waals surface area contributed by atoms with Crippen LogP contribution in [-0.2, 0) is 11.4 Å². The second-order valence-corrected chi connectivity index (χ2v) is 11.1. The van der Waals surface area contributed by atoms with Crippen LogP contribution in [0.2, 0.25) is 0 Å². The Kier molecular flexibility index (Phi) is 5.61. The third-order valence-corrected chi connectivity index (χ3v) is 9.09. The van der Waals surface area contributed by atoms with Gasteiger partial charge in [-0.2, -0.15) is 0 Å². The quantitative estimate of drug-likeness (QED) is 0.349. The molecule has 0 aromatic carbocycles. The smallest absolute Gasteiger partial charge is 0.183 e. The maximum Gasteiger partial charge on any atom is 0.183 e. The third kappa shape index (κ3) is 3.56. The lowest BCUT2D eigenvalue weighted by Crippen LogP contribution is -2.46. The Hall–Kier alpha value is -2.57. The molecule has 8 bridgehead atoms. The predicted octanol–water partition coefficient (Wildman–Crippen LogP) is 6.28. The molecule has 4 atom stereocenters. The van der Waals surface area contributed by atoms with Gasteiger partial charge in [0.1, 0.15) is 5.38 Å². The summed E-state index contributed by atoms with van der Waals surface area (Å²) < 4.78 is 2.11. The number of hydrogen-bond donors (Lipinski definition) is 1. The van der Waals surface area contributed by atoms with E-state index in [2.05, 4.69) is 21.8 Å². The zero-order chi connectivity index (χ0) is 25.1. The van der Waals surface area contributed by atoms with Crippen molar-refractivity contribution >= 4 is 63.9 Å². The van der Waals surface area contributed by atoms with Gasteiger partial charge < -0.3 is 9.88 Å². The van der Waals surface area contributed by atoms with Gasteiger partial charge >= 0.3 is 0 Å². The van der Waals surface area contributed by atoms with Gasteiger partial charge in [-0.15, -0.1) is 23.2 Å². The van der Waals surface area contributed by atoms with Crippen molar-refractivity contribution in [3.63, 3.8) is 0 Å². The average Bonchev–Trinajstić information content (AvgIpc) is 3.67. The first-order chi connectivity index (χ1) is 17.3. The summed E-state index contributed by atoms with van der Waals surface area (Å²) in [6, 6.07) is 9.57. The molecule has 36 heavy (non-hydrogen) atoms. The summed E-state index contributed by atoms with van der Waals surface area (Å²) in [7, 11) is 0. The van der Waals surface area contributed by atoms with Crippen molar-refractivity contribution in [1.29, 1.82) is 0 Å². The molecule has 1 N–H and O–H groups in total. The Bertz CT molecular complexity index is 1460. The van der Waals surface area contributed by atoms with E-state index in [0.29, 0.717) is 18.0 Å². The number of hydrogen-bond acceptors (Lipinski definition) is 4. The largest absolute Gasteiger partial charge is 0.362 e. The summed E-state index contributed by atoms with van der Waals surface area (Å²) in [5.74, 6) is 0. The fourth-order valence-corrected chi connectivity index (χ4v) is 6.21. The molecule has 6 heterocycles. The fourth-order valence-electron chi connectivity index (χ4n) is 4.94. The molecule has 0 amide bonds. The normalized spacial score (nSPS) is 32.2. The van der Waals surface area contributed by atoms with Crippen LogP contribution in [0, 0.1) is 0 Å². The summed E-state index contributed by atoms with van der Waals surface area (Å²) in [5, 5.41) is 2.56. The fraction of sp³-hybridized carbons (Fsp3) is 0.222. The number of rotatable bonds is 2. The molecule has 6 rings (SSSR count). The molecule has 2 aromatic heterocycles. The van der Waals surface area contributed by atoms with Crippen molar-refractivity contribution in [3.05, 3.63) is 108 Å². The number of aliphatic imine (C=N–C) groups is 2. The zero-order valence-corrected chi connectivity index (χ0v) is 22.2. The van der Waals surface area contributed by atoms with Gasteiger partial charge in [-0.05, 0) is 79.8 Å². The minimum atomic E-state index is -1.41. The van der Waals surface area contributed by atoms with E-state index >= 15 is 0 Å².